The summed E-state index contributed by atoms with van der Waals surface area (Å²) in [6.07, 6.45) is 4.21. The Labute approximate surface area is 93.7 Å². The highest BCUT2D eigenvalue weighted by atomic mass is 19.1. The van der Waals surface area contributed by atoms with E-state index in [1.54, 1.807) is 0 Å². The zero-order valence-electron chi connectivity index (χ0n) is 9.04. The van der Waals surface area contributed by atoms with Crippen molar-refractivity contribution in [2.24, 2.45) is 5.73 Å². The zero-order valence-corrected chi connectivity index (χ0v) is 9.04. The van der Waals surface area contributed by atoms with Gasteiger partial charge < -0.3 is 15.9 Å². The van der Waals surface area contributed by atoms with E-state index >= 15 is 0 Å². The lowest BCUT2D eigenvalue weighted by molar-refractivity contribution is 0.277. The highest BCUT2D eigenvalue weighted by molar-refractivity contribution is 5.45. The van der Waals surface area contributed by atoms with Crippen molar-refractivity contribution in [1.29, 1.82) is 0 Å². The van der Waals surface area contributed by atoms with Crippen LogP contribution in [0.2, 0.25) is 0 Å². The summed E-state index contributed by atoms with van der Waals surface area (Å²) in [7, 11) is 0. The van der Waals surface area contributed by atoms with Gasteiger partial charge in [0.2, 0.25) is 0 Å². The van der Waals surface area contributed by atoms with Crippen molar-refractivity contribution < 1.29 is 14.6 Å². The van der Waals surface area contributed by atoms with E-state index < -0.39 is 17.1 Å². The minimum atomic E-state index is -0.842. The average Bonchev–Trinajstić information content (AvgIpc) is 2.25. The van der Waals surface area contributed by atoms with Crippen LogP contribution in [0, 0.1) is 5.82 Å². The van der Waals surface area contributed by atoms with Crippen LogP contribution in [-0.2, 0) is 5.54 Å². The van der Waals surface area contributed by atoms with Gasteiger partial charge in [0.05, 0.1) is 5.56 Å². The quantitative estimate of drug-likeness (QED) is 0.643. The summed E-state index contributed by atoms with van der Waals surface area (Å²) in [5.41, 5.74) is 5.36. The number of phenolic OH excluding ortho intramolecular Hbond substituents is 2. The lowest BCUT2D eigenvalue weighted by Crippen LogP contribution is -2.39. The van der Waals surface area contributed by atoms with Crippen molar-refractivity contribution >= 4 is 0 Å². The fourth-order valence-electron chi connectivity index (χ4n) is 2.46. The third-order valence-electron chi connectivity index (χ3n) is 3.34. The standard InChI is InChI=1S/C12H16FNO2/c13-11-9(16)5-4-8(15)10(11)12(14)6-2-1-3-7-12/h4-5,15-16H,1-3,6-7,14H2. The number of aromatic hydroxyl groups is 2. The molecule has 16 heavy (non-hydrogen) atoms. The number of nitrogens with two attached hydrogens (primary N) is 1. The molecule has 0 heterocycles. The molecule has 0 radical (unpaired) electrons. The summed E-state index contributed by atoms with van der Waals surface area (Å²) in [6.45, 7) is 0. The molecule has 0 aromatic heterocycles. The average molecular weight is 225 g/mol. The first-order valence-electron chi connectivity index (χ1n) is 5.54. The number of hydrogen-bond acceptors (Lipinski definition) is 3. The lowest BCUT2D eigenvalue weighted by atomic mass is 9.77. The van der Waals surface area contributed by atoms with Crippen LogP contribution in [0.25, 0.3) is 0 Å². The minimum absolute atomic E-state index is 0.0622. The van der Waals surface area contributed by atoms with E-state index in [0.29, 0.717) is 12.8 Å². The SMILES string of the molecule is NC1(c2c(O)ccc(O)c2F)CCCCC1. The Balaban J connectivity index is 2.49. The Kier molecular flexibility index (Phi) is 2.76. The fraction of sp³-hybridized carbons (Fsp3) is 0.500. The maximum Gasteiger partial charge on any atom is 0.173 e. The summed E-state index contributed by atoms with van der Waals surface area (Å²) in [4.78, 5) is 0. The Morgan fingerprint density at radius 3 is 2.25 bits per heavy atom. The predicted molar refractivity (Wildman–Crippen MR) is 58.7 cm³/mol. The van der Waals surface area contributed by atoms with E-state index in [1.807, 2.05) is 0 Å². The van der Waals surface area contributed by atoms with Crippen LogP contribution in [0.3, 0.4) is 0 Å². The minimum Gasteiger partial charge on any atom is -0.507 e. The molecule has 4 N–H and O–H groups in total. The van der Waals surface area contributed by atoms with Crippen molar-refractivity contribution in [1.82, 2.24) is 0 Å². The highest BCUT2D eigenvalue weighted by Crippen LogP contribution is 2.42. The molecule has 2 rings (SSSR count). The molecule has 0 atom stereocenters. The van der Waals surface area contributed by atoms with E-state index in [1.165, 1.54) is 6.07 Å². The molecule has 1 saturated carbocycles. The molecule has 0 amide bonds. The van der Waals surface area contributed by atoms with Gasteiger partial charge >= 0.3 is 0 Å². The smallest absolute Gasteiger partial charge is 0.173 e. The first-order chi connectivity index (χ1) is 7.54. The molecule has 88 valence electrons. The van der Waals surface area contributed by atoms with Crippen LogP contribution in [0.1, 0.15) is 37.7 Å². The molecule has 3 nitrogen and oxygen atoms in total. The van der Waals surface area contributed by atoms with E-state index in [0.717, 1.165) is 25.3 Å². The van der Waals surface area contributed by atoms with Crippen molar-refractivity contribution in [3.05, 3.63) is 23.5 Å². The number of phenols is 2. The molecule has 0 aliphatic heterocycles. The monoisotopic (exact) mass is 225 g/mol. The molecule has 0 unspecified atom stereocenters. The normalized spacial score (nSPS) is 19.6. The molecular formula is C12H16FNO2. The van der Waals surface area contributed by atoms with Crippen molar-refractivity contribution in [3.8, 4) is 11.5 Å². The maximum atomic E-state index is 13.8. The number of rotatable bonds is 1. The van der Waals surface area contributed by atoms with Gasteiger partial charge in [-0.15, -0.1) is 0 Å². The van der Waals surface area contributed by atoms with Crippen LogP contribution >= 0.6 is 0 Å². The fourth-order valence-corrected chi connectivity index (χ4v) is 2.46. The van der Waals surface area contributed by atoms with Gasteiger partial charge in [0, 0.05) is 5.54 Å². The summed E-state index contributed by atoms with van der Waals surface area (Å²) in [5.74, 6) is -1.41. The van der Waals surface area contributed by atoms with Gasteiger partial charge in [-0.25, -0.2) is 4.39 Å². The molecule has 1 aromatic rings. The van der Waals surface area contributed by atoms with Crippen LogP contribution in [-0.4, -0.2) is 10.2 Å². The Morgan fingerprint density at radius 1 is 1.06 bits per heavy atom. The third kappa shape index (κ3) is 1.73. The van der Waals surface area contributed by atoms with Crippen molar-refractivity contribution in [3.63, 3.8) is 0 Å². The van der Waals surface area contributed by atoms with E-state index in [9.17, 15) is 14.6 Å². The highest BCUT2D eigenvalue weighted by Gasteiger charge is 2.35. The van der Waals surface area contributed by atoms with Crippen LogP contribution < -0.4 is 5.73 Å². The second-order valence-corrected chi connectivity index (χ2v) is 4.51. The molecule has 0 bridgehead atoms. The zero-order chi connectivity index (χ0) is 11.8. The second kappa shape index (κ2) is 3.94. The molecular weight excluding hydrogens is 209 g/mol. The van der Waals surface area contributed by atoms with Crippen LogP contribution in [0.5, 0.6) is 11.5 Å². The Bertz CT molecular complexity index is 400. The molecule has 1 fully saturated rings. The van der Waals surface area contributed by atoms with Crippen molar-refractivity contribution in [2.45, 2.75) is 37.6 Å². The summed E-state index contributed by atoms with van der Waals surface area (Å²) < 4.78 is 13.8. The van der Waals surface area contributed by atoms with Gasteiger partial charge in [-0.05, 0) is 25.0 Å². The summed E-state index contributed by atoms with van der Waals surface area (Å²) in [5, 5.41) is 19.0. The van der Waals surface area contributed by atoms with Gasteiger partial charge in [-0.1, -0.05) is 19.3 Å². The van der Waals surface area contributed by atoms with Crippen molar-refractivity contribution in [2.75, 3.05) is 0 Å². The van der Waals surface area contributed by atoms with Gasteiger partial charge in [0.1, 0.15) is 5.75 Å². The van der Waals surface area contributed by atoms with Crippen LogP contribution in [0.4, 0.5) is 4.39 Å². The summed E-state index contributed by atoms with van der Waals surface area (Å²) in [6, 6.07) is 2.43. The van der Waals surface area contributed by atoms with Gasteiger partial charge in [-0.2, -0.15) is 0 Å². The predicted octanol–water partition coefficient (Wildman–Crippen LogP) is 2.36. The lowest BCUT2D eigenvalue weighted by Gasteiger charge is -2.34. The maximum absolute atomic E-state index is 13.8. The van der Waals surface area contributed by atoms with E-state index in [-0.39, 0.29) is 11.3 Å². The first-order valence-corrected chi connectivity index (χ1v) is 5.54. The summed E-state index contributed by atoms with van der Waals surface area (Å²) >= 11 is 0. The van der Waals surface area contributed by atoms with Gasteiger partial charge in [-0.3, -0.25) is 0 Å². The van der Waals surface area contributed by atoms with E-state index in [2.05, 4.69) is 0 Å². The van der Waals surface area contributed by atoms with Crippen LogP contribution in [0.15, 0.2) is 12.1 Å². The first kappa shape index (κ1) is 11.2. The van der Waals surface area contributed by atoms with E-state index in [4.69, 9.17) is 5.73 Å². The molecule has 1 aromatic carbocycles. The molecule has 0 saturated heterocycles. The number of hydrogen-bond donors (Lipinski definition) is 3. The van der Waals surface area contributed by atoms with Gasteiger partial charge in [0.25, 0.3) is 0 Å². The Hall–Kier alpha value is -1.29. The topological polar surface area (TPSA) is 66.5 Å². The molecule has 4 heteroatoms. The number of benzene rings is 1. The van der Waals surface area contributed by atoms with Gasteiger partial charge in [0.15, 0.2) is 11.6 Å². The second-order valence-electron chi connectivity index (χ2n) is 4.51. The third-order valence-corrected chi connectivity index (χ3v) is 3.34. The number of halogens is 1. The molecule has 1 aliphatic carbocycles. The molecule has 1 aliphatic rings. The largest absolute Gasteiger partial charge is 0.507 e. The Morgan fingerprint density at radius 2 is 1.62 bits per heavy atom. The molecule has 0 spiro atoms.